The van der Waals surface area contributed by atoms with Crippen LogP contribution in [0.3, 0.4) is 0 Å². The average Bonchev–Trinajstić information content (AvgIpc) is 3.32. The van der Waals surface area contributed by atoms with Crippen molar-refractivity contribution in [2.24, 2.45) is 0 Å². The highest BCUT2D eigenvalue weighted by molar-refractivity contribution is 5.94. The summed E-state index contributed by atoms with van der Waals surface area (Å²) in [5, 5.41) is 12.2. The maximum absolute atomic E-state index is 10.2. The van der Waals surface area contributed by atoms with Gasteiger partial charge in [0.1, 0.15) is 18.1 Å². The second-order valence-corrected chi connectivity index (χ2v) is 8.50. The lowest BCUT2D eigenvalue weighted by Gasteiger charge is -2.18. The lowest BCUT2D eigenvalue weighted by atomic mass is 9.94. The molecule has 3 nitrogen and oxygen atoms in total. The van der Waals surface area contributed by atoms with E-state index in [0.717, 1.165) is 58.9 Å². The summed E-state index contributed by atoms with van der Waals surface area (Å²) < 4.78 is 11.9. The van der Waals surface area contributed by atoms with Gasteiger partial charge in [-0.15, -0.1) is 0 Å². The number of fused-ring (bicyclic) bond motifs is 1. The third kappa shape index (κ3) is 5.74. The number of hydrogen-bond acceptors (Lipinski definition) is 3. The number of hydrogen-bond donors (Lipinski definition) is 1. The topological polar surface area (TPSA) is 38.7 Å². The van der Waals surface area contributed by atoms with E-state index in [0.29, 0.717) is 19.0 Å². The molecule has 1 aliphatic heterocycles. The van der Waals surface area contributed by atoms with Crippen LogP contribution in [0.5, 0.6) is 11.5 Å². The Morgan fingerprint density at radius 3 is 2.58 bits per heavy atom. The van der Waals surface area contributed by atoms with Crippen LogP contribution in [-0.2, 0) is 4.74 Å². The number of para-hydroxylation sites is 1. The molecular weight excluding hydrogens is 408 g/mol. The van der Waals surface area contributed by atoms with Gasteiger partial charge in [0.2, 0.25) is 0 Å². The van der Waals surface area contributed by atoms with Gasteiger partial charge >= 0.3 is 0 Å². The molecule has 33 heavy (non-hydrogen) atoms. The first-order chi connectivity index (χ1) is 16.2. The second-order valence-electron chi connectivity index (χ2n) is 8.50. The van der Waals surface area contributed by atoms with Crippen LogP contribution in [-0.4, -0.2) is 24.4 Å². The van der Waals surface area contributed by atoms with Crippen molar-refractivity contribution in [2.75, 3.05) is 13.2 Å². The quantitative estimate of drug-likeness (QED) is 0.355. The first-order valence-electron chi connectivity index (χ1n) is 11.7. The SMILES string of the molecule is C=C(COc1ccccc1)C1=CCOC1CC/C(=C/c1ccc(O)c2ccccc12)CCC. The Morgan fingerprint density at radius 1 is 1.03 bits per heavy atom. The molecule has 0 saturated heterocycles. The molecule has 0 radical (unpaired) electrons. The van der Waals surface area contributed by atoms with Crippen LogP contribution in [0.2, 0.25) is 0 Å². The molecule has 3 aromatic rings. The van der Waals surface area contributed by atoms with Crippen molar-refractivity contribution in [3.05, 3.63) is 102 Å². The molecule has 0 aromatic heterocycles. The molecule has 1 heterocycles. The van der Waals surface area contributed by atoms with Gasteiger partial charge in [0.25, 0.3) is 0 Å². The fourth-order valence-corrected chi connectivity index (χ4v) is 4.42. The largest absolute Gasteiger partial charge is 0.507 e. The Labute approximate surface area is 196 Å². The molecule has 0 amide bonds. The zero-order chi connectivity index (χ0) is 23.0. The fraction of sp³-hybridized carbons (Fsp3) is 0.267. The summed E-state index contributed by atoms with van der Waals surface area (Å²) in [5.74, 6) is 1.18. The van der Waals surface area contributed by atoms with Gasteiger partial charge in [-0.1, -0.05) is 86.2 Å². The number of benzene rings is 3. The minimum Gasteiger partial charge on any atom is -0.507 e. The molecule has 1 aliphatic rings. The number of rotatable bonds is 10. The van der Waals surface area contributed by atoms with Crippen molar-refractivity contribution < 1.29 is 14.6 Å². The molecular formula is C30H32O3. The summed E-state index contributed by atoms with van der Waals surface area (Å²) in [4.78, 5) is 0. The van der Waals surface area contributed by atoms with Crippen molar-refractivity contribution in [1.29, 1.82) is 0 Å². The van der Waals surface area contributed by atoms with E-state index >= 15 is 0 Å². The zero-order valence-corrected chi connectivity index (χ0v) is 19.3. The summed E-state index contributed by atoms with van der Waals surface area (Å²) in [6.45, 7) is 7.57. The summed E-state index contributed by atoms with van der Waals surface area (Å²) in [6.07, 6.45) is 8.48. The van der Waals surface area contributed by atoms with Crippen LogP contribution in [0.25, 0.3) is 16.8 Å². The fourth-order valence-electron chi connectivity index (χ4n) is 4.42. The standard InChI is InChI=1S/C30H32O3/c1-3-9-23(20-24-15-16-29(31)28-13-8-7-12-27(24)28)14-17-30-26(18-19-32-30)22(2)21-33-25-10-5-4-6-11-25/h4-8,10-13,15-16,18,20,30-31H,2-3,9,14,17,19,21H2,1H3/b23-20+. The molecule has 1 atom stereocenters. The highest BCUT2D eigenvalue weighted by atomic mass is 16.5. The van der Waals surface area contributed by atoms with Crippen molar-refractivity contribution in [3.63, 3.8) is 0 Å². The number of allylic oxidation sites excluding steroid dienone is 1. The third-order valence-corrected chi connectivity index (χ3v) is 6.11. The minimum absolute atomic E-state index is 0.0497. The van der Waals surface area contributed by atoms with Gasteiger partial charge in [0.15, 0.2) is 0 Å². The van der Waals surface area contributed by atoms with E-state index in [9.17, 15) is 5.11 Å². The number of phenolic OH excluding ortho intramolecular Hbond substituents is 1. The smallest absolute Gasteiger partial charge is 0.123 e. The average molecular weight is 441 g/mol. The molecule has 0 spiro atoms. The Kier molecular flexibility index (Phi) is 7.64. The van der Waals surface area contributed by atoms with Crippen molar-refractivity contribution in [3.8, 4) is 11.5 Å². The third-order valence-electron chi connectivity index (χ3n) is 6.11. The Balaban J connectivity index is 1.43. The number of ether oxygens (including phenoxy) is 2. The maximum Gasteiger partial charge on any atom is 0.123 e. The van der Waals surface area contributed by atoms with E-state index in [1.54, 1.807) is 6.07 Å². The monoisotopic (exact) mass is 440 g/mol. The van der Waals surface area contributed by atoms with Crippen molar-refractivity contribution in [2.45, 2.75) is 38.7 Å². The van der Waals surface area contributed by atoms with Gasteiger partial charge in [-0.05, 0) is 59.6 Å². The number of phenols is 1. The lowest BCUT2D eigenvalue weighted by molar-refractivity contribution is 0.116. The van der Waals surface area contributed by atoms with E-state index in [2.05, 4.69) is 31.7 Å². The molecule has 4 rings (SSSR count). The molecule has 0 fully saturated rings. The summed E-state index contributed by atoms with van der Waals surface area (Å²) >= 11 is 0. The molecule has 1 N–H and O–H groups in total. The normalized spacial score (nSPS) is 16.1. The first-order valence-corrected chi connectivity index (χ1v) is 11.7. The van der Waals surface area contributed by atoms with Gasteiger partial charge in [-0.3, -0.25) is 0 Å². The van der Waals surface area contributed by atoms with E-state index in [1.165, 1.54) is 5.57 Å². The highest BCUT2D eigenvalue weighted by Gasteiger charge is 2.22. The molecule has 0 aliphatic carbocycles. The lowest BCUT2D eigenvalue weighted by Crippen LogP contribution is -2.15. The van der Waals surface area contributed by atoms with Crippen molar-refractivity contribution >= 4 is 16.8 Å². The van der Waals surface area contributed by atoms with Crippen LogP contribution in [0, 0.1) is 0 Å². The Hall–Kier alpha value is -3.30. The van der Waals surface area contributed by atoms with Crippen LogP contribution in [0.4, 0.5) is 0 Å². The summed E-state index contributed by atoms with van der Waals surface area (Å²) in [6, 6.07) is 21.6. The van der Waals surface area contributed by atoms with E-state index in [4.69, 9.17) is 9.47 Å². The Bertz CT molecular complexity index is 1160. The summed E-state index contributed by atoms with van der Waals surface area (Å²) in [5.41, 5.74) is 4.69. The zero-order valence-electron chi connectivity index (χ0n) is 19.3. The Morgan fingerprint density at radius 2 is 1.79 bits per heavy atom. The van der Waals surface area contributed by atoms with Crippen LogP contribution in [0.15, 0.2) is 96.1 Å². The van der Waals surface area contributed by atoms with E-state index in [1.807, 2.05) is 54.6 Å². The van der Waals surface area contributed by atoms with E-state index < -0.39 is 0 Å². The predicted molar refractivity (Wildman–Crippen MR) is 137 cm³/mol. The van der Waals surface area contributed by atoms with Gasteiger partial charge in [0.05, 0.1) is 12.7 Å². The second kappa shape index (κ2) is 11.0. The minimum atomic E-state index is 0.0497. The molecule has 0 saturated carbocycles. The van der Waals surface area contributed by atoms with Gasteiger partial charge < -0.3 is 14.6 Å². The molecule has 1 unspecified atom stereocenters. The van der Waals surface area contributed by atoms with Crippen LogP contribution in [0.1, 0.15) is 38.2 Å². The predicted octanol–water partition coefficient (Wildman–Crippen LogP) is 7.47. The van der Waals surface area contributed by atoms with Crippen molar-refractivity contribution in [1.82, 2.24) is 0 Å². The van der Waals surface area contributed by atoms with Gasteiger partial charge in [-0.25, -0.2) is 0 Å². The van der Waals surface area contributed by atoms with Crippen LogP contribution >= 0.6 is 0 Å². The summed E-state index contributed by atoms with van der Waals surface area (Å²) in [7, 11) is 0. The maximum atomic E-state index is 10.2. The first kappa shape index (κ1) is 22.9. The van der Waals surface area contributed by atoms with Crippen LogP contribution < -0.4 is 4.74 Å². The molecule has 3 heteroatoms. The highest BCUT2D eigenvalue weighted by Crippen LogP contribution is 2.32. The molecule has 170 valence electrons. The number of aromatic hydroxyl groups is 1. The molecule has 3 aromatic carbocycles. The molecule has 0 bridgehead atoms. The van der Waals surface area contributed by atoms with Gasteiger partial charge in [0, 0.05) is 5.39 Å². The van der Waals surface area contributed by atoms with E-state index in [-0.39, 0.29) is 6.10 Å². The van der Waals surface area contributed by atoms with Gasteiger partial charge in [-0.2, -0.15) is 0 Å².